The second kappa shape index (κ2) is 6.30. The molecule has 0 bridgehead atoms. The van der Waals surface area contributed by atoms with E-state index >= 15 is 0 Å². The van der Waals surface area contributed by atoms with Gasteiger partial charge in [0.2, 0.25) is 0 Å². The topological polar surface area (TPSA) is 42.6 Å². The average molecular weight is 341 g/mol. The Hall–Kier alpha value is -3.14. The highest BCUT2D eigenvalue weighted by Gasteiger charge is 2.18. The van der Waals surface area contributed by atoms with Crippen molar-refractivity contribution in [2.75, 3.05) is 0 Å². The Morgan fingerprint density at radius 1 is 0.885 bits per heavy atom. The summed E-state index contributed by atoms with van der Waals surface area (Å²) in [6.45, 7) is 6.49. The van der Waals surface area contributed by atoms with E-state index in [2.05, 4.69) is 58.5 Å². The maximum absolute atomic E-state index is 4.60. The van der Waals surface area contributed by atoms with Crippen molar-refractivity contribution < 1.29 is 4.57 Å². The molecule has 2 aromatic heterocycles. The van der Waals surface area contributed by atoms with Crippen LogP contribution in [0.25, 0.3) is 33.5 Å². The number of aromatic nitrogens is 4. The van der Waals surface area contributed by atoms with Crippen LogP contribution in [0.2, 0.25) is 0 Å². The summed E-state index contributed by atoms with van der Waals surface area (Å²) < 4.78 is 2.10. The van der Waals surface area contributed by atoms with E-state index in [1.807, 2.05) is 31.6 Å². The molecule has 2 heterocycles. The Morgan fingerprint density at radius 3 is 2.42 bits per heavy atom. The summed E-state index contributed by atoms with van der Waals surface area (Å²) in [7, 11) is 2.05. The zero-order valence-corrected chi connectivity index (χ0v) is 15.5. The predicted octanol–water partition coefficient (Wildman–Crippen LogP) is 4.11. The lowest BCUT2D eigenvalue weighted by Gasteiger charge is -2.12. The quantitative estimate of drug-likeness (QED) is 0.515. The Balaban J connectivity index is 2.04. The summed E-state index contributed by atoms with van der Waals surface area (Å²) in [5, 5.41) is 1.10. The summed E-state index contributed by atoms with van der Waals surface area (Å²) in [6.07, 6.45) is 5.42. The van der Waals surface area contributed by atoms with E-state index < -0.39 is 0 Å². The summed E-state index contributed by atoms with van der Waals surface area (Å²) in [4.78, 5) is 13.4. The van der Waals surface area contributed by atoms with Gasteiger partial charge in [-0.25, -0.2) is 14.5 Å². The van der Waals surface area contributed by atoms with Gasteiger partial charge in [0, 0.05) is 23.5 Å². The van der Waals surface area contributed by atoms with E-state index in [0.717, 1.165) is 28.0 Å². The molecule has 128 valence electrons. The van der Waals surface area contributed by atoms with Gasteiger partial charge in [0.25, 0.3) is 6.33 Å². The number of nitrogens with zero attached hydrogens (tertiary/aromatic N) is 4. The van der Waals surface area contributed by atoms with Crippen molar-refractivity contribution >= 4 is 10.9 Å². The van der Waals surface area contributed by atoms with Crippen LogP contribution in [0.15, 0.2) is 55.1 Å². The van der Waals surface area contributed by atoms with Crippen LogP contribution in [0.4, 0.5) is 0 Å². The smallest absolute Gasteiger partial charge is 0.237 e. The van der Waals surface area contributed by atoms with Crippen LogP contribution in [0.1, 0.15) is 16.7 Å². The first-order chi connectivity index (χ1) is 12.5. The highest BCUT2D eigenvalue weighted by atomic mass is 15.0. The maximum Gasteiger partial charge on any atom is 0.287 e. The average Bonchev–Trinajstić information content (AvgIpc) is 2.65. The summed E-state index contributed by atoms with van der Waals surface area (Å²) >= 11 is 0. The van der Waals surface area contributed by atoms with Gasteiger partial charge in [-0.3, -0.25) is 0 Å². The van der Waals surface area contributed by atoms with Crippen LogP contribution in [-0.2, 0) is 7.05 Å². The molecule has 4 aromatic rings. The van der Waals surface area contributed by atoms with Gasteiger partial charge in [-0.2, -0.15) is 0 Å². The van der Waals surface area contributed by atoms with Crippen molar-refractivity contribution in [2.24, 2.45) is 7.05 Å². The molecule has 4 rings (SSSR count). The number of aryl methyl sites for hydroxylation is 3. The summed E-state index contributed by atoms with van der Waals surface area (Å²) in [6, 6.07) is 12.5. The normalized spacial score (nSPS) is 11.1. The highest BCUT2D eigenvalue weighted by Crippen LogP contribution is 2.31. The standard InChI is InChI=1S/C22H21N4/c1-14-10-15(2)16(3)18(11-14)21-19-12-17(22-23-8-5-9-24-22)6-7-20(19)25-13-26(21)4/h5-13H,1-4H3/q+1. The first-order valence-corrected chi connectivity index (χ1v) is 8.68. The lowest BCUT2D eigenvalue weighted by atomic mass is 9.95. The SMILES string of the molecule is Cc1cc(C)c(C)c(-c2c3cc(-c4ncccn4)ccc3nc[n+]2C)c1. The van der Waals surface area contributed by atoms with Crippen LogP contribution in [0, 0.1) is 20.8 Å². The zero-order chi connectivity index (χ0) is 18.3. The molecular weight excluding hydrogens is 320 g/mol. The molecule has 0 N–H and O–H groups in total. The third kappa shape index (κ3) is 2.73. The number of rotatable bonds is 2. The Bertz CT molecular complexity index is 1120. The zero-order valence-electron chi connectivity index (χ0n) is 15.5. The Labute approximate surface area is 153 Å². The van der Waals surface area contributed by atoms with Crippen molar-refractivity contribution in [1.82, 2.24) is 15.0 Å². The molecule has 26 heavy (non-hydrogen) atoms. The van der Waals surface area contributed by atoms with Gasteiger partial charge in [-0.15, -0.1) is 0 Å². The molecule has 0 radical (unpaired) electrons. The molecule has 0 fully saturated rings. The van der Waals surface area contributed by atoms with Crippen LogP contribution in [0.5, 0.6) is 0 Å². The molecule has 0 aliphatic carbocycles. The lowest BCUT2D eigenvalue weighted by Crippen LogP contribution is -2.32. The molecule has 0 spiro atoms. The van der Waals surface area contributed by atoms with Gasteiger partial charge in [-0.1, -0.05) is 11.6 Å². The fraction of sp³-hybridized carbons (Fsp3) is 0.182. The van der Waals surface area contributed by atoms with E-state index in [-0.39, 0.29) is 0 Å². The largest absolute Gasteiger partial charge is 0.287 e. The predicted molar refractivity (Wildman–Crippen MR) is 104 cm³/mol. The van der Waals surface area contributed by atoms with E-state index in [0.29, 0.717) is 0 Å². The highest BCUT2D eigenvalue weighted by molar-refractivity contribution is 5.94. The second-order valence-electron chi connectivity index (χ2n) is 6.76. The summed E-state index contributed by atoms with van der Waals surface area (Å²) in [5.41, 5.74) is 8.22. The fourth-order valence-electron chi connectivity index (χ4n) is 3.44. The molecule has 4 nitrogen and oxygen atoms in total. The van der Waals surface area contributed by atoms with Crippen molar-refractivity contribution in [3.8, 4) is 22.6 Å². The van der Waals surface area contributed by atoms with Gasteiger partial charge in [-0.05, 0) is 67.2 Å². The molecular formula is C22H21N4+. The van der Waals surface area contributed by atoms with Crippen LogP contribution in [-0.4, -0.2) is 15.0 Å². The lowest BCUT2D eigenvalue weighted by molar-refractivity contribution is -0.662. The minimum atomic E-state index is 0.726. The third-order valence-corrected chi connectivity index (χ3v) is 4.87. The van der Waals surface area contributed by atoms with Gasteiger partial charge in [0.1, 0.15) is 5.69 Å². The van der Waals surface area contributed by atoms with E-state index in [1.165, 1.54) is 22.3 Å². The molecule has 4 heteroatoms. The number of benzene rings is 2. The van der Waals surface area contributed by atoms with E-state index in [9.17, 15) is 0 Å². The molecule has 0 saturated carbocycles. The molecule has 0 amide bonds. The third-order valence-electron chi connectivity index (χ3n) is 4.87. The van der Waals surface area contributed by atoms with Gasteiger partial charge in [0.15, 0.2) is 11.3 Å². The van der Waals surface area contributed by atoms with Crippen LogP contribution < -0.4 is 4.57 Å². The van der Waals surface area contributed by atoms with Crippen LogP contribution in [0.3, 0.4) is 0 Å². The first kappa shape index (κ1) is 16.3. The minimum absolute atomic E-state index is 0.726. The van der Waals surface area contributed by atoms with E-state index in [1.54, 1.807) is 12.4 Å². The molecule has 0 unspecified atom stereocenters. The number of fused-ring (bicyclic) bond motifs is 1. The molecule has 0 aliphatic heterocycles. The van der Waals surface area contributed by atoms with Crippen molar-refractivity contribution in [3.05, 3.63) is 71.8 Å². The second-order valence-corrected chi connectivity index (χ2v) is 6.76. The Kier molecular flexibility index (Phi) is 3.96. The molecule has 0 atom stereocenters. The van der Waals surface area contributed by atoms with E-state index in [4.69, 9.17) is 0 Å². The summed E-state index contributed by atoms with van der Waals surface area (Å²) in [5.74, 6) is 0.726. The van der Waals surface area contributed by atoms with Crippen molar-refractivity contribution in [2.45, 2.75) is 20.8 Å². The van der Waals surface area contributed by atoms with Gasteiger partial charge < -0.3 is 0 Å². The first-order valence-electron chi connectivity index (χ1n) is 8.68. The molecule has 0 aliphatic rings. The van der Waals surface area contributed by atoms with Crippen molar-refractivity contribution in [3.63, 3.8) is 0 Å². The van der Waals surface area contributed by atoms with Gasteiger partial charge in [0.05, 0.1) is 12.4 Å². The fourth-order valence-corrected chi connectivity index (χ4v) is 3.44. The molecule has 2 aromatic carbocycles. The monoisotopic (exact) mass is 341 g/mol. The number of hydrogen-bond donors (Lipinski definition) is 0. The number of hydrogen-bond acceptors (Lipinski definition) is 3. The van der Waals surface area contributed by atoms with Crippen LogP contribution >= 0.6 is 0 Å². The molecule has 0 saturated heterocycles. The minimum Gasteiger partial charge on any atom is -0.237 e. The maximum atomic E-state index is 4.60. The van der Waals surface area contributed by atoms with Gasteiger partial charge >= 0.3 is 0 Å². The Morgan fingerprint density at radius 2 is 1.65 bits per heavy atom. The van der Waals surface area contributed by atoms with Crippen molar-refractivity contribution in [1.29, 1.82) is 0 Å².